The van der Waals surface area contributed by atoms with Gasteiger partial charge in [-0.05, 0) is 19.1 Å². The molecular weight excluding hydrogens is 176 g/mol. The van der Waals surface area contributed by atoms with Gasteiger partial charge in [-0.3, -0.25) is 4.90 Å². The first-order valence-electron chi connectivity index (χ1n) is 5.59. The Hall–Kier alpha value is -0.410. The van der Waals surface area contributed by atoms with E-state index in [-0.39, 0.29) is 0 Å². The Morgan fingerprint density at radius 2 is 2.14 bits per heavy atom. The highest BCUT2D eigenvalue weighted by atomic mass is 16.5. The summed E-state index contributed by atoms with van der Waals surface area (Å²) in [6.45, 7) is 11.9. The molecule has 0 aliphatic carbocycles. The van der Waals surface area contributed by atoms with Crippen molar-refractivity contribution in [1.82, 2.24) is 4.90 Å². The van der Waals surface area contributed by atoms with E-state index in [2.05, 4.69) is 23.5 Å². The van der Waals surface area contributed by atoms with E-state index < -0.39 is 0 Å². The minimum atomic E-state index is 0.776. The van der Waals surface area contributed by atoms with Crippen LogP contribution in [0.3, 0.4) is 0 Å². The second-order valence-electron chi connectivity index (χ2n) is 3.92. The van der Waals surface area contributed by atoms with Crippen LogP contribution >= 0.6 is 0 Å². The summed E-state index contributed by atoms with van der Waals surface area (Å²) in [6.07, 6.45) is 2.42. The molecule has 82 valence electrons. The van der Waals surface area contributed by atoms with Crippen molar-refractivity contribution >= 4 is 6.72 Å². The third kappa shape index (κ3) is 4.20. The number of hydrogen-bond acceptors (Lipinski definition) is 3. The average molecular weight is 198 g/mol. The van der Waals surface area contributed by atoms with Crippen molar-refractivity contribution in [1.29, 1.82) is 0 Å². The van der Waals surface area contributed by atoms with Gasteiger partial charge in [0.1, 0.15) is 0 Å². The fourth-order valence-corrected chi connectivity index (χ4v) is 1.85. The summed E-state index contributed by atoms with van der Waals surface area (Å²) < 4.78 is 5.33. The Kier molecular flexibility index (Phi) is 5.80. The molecule has 1 unspecified atom stereocenters. The van der Waals surface area contributed by atoms with Crippen molar-refractivity contribution in [2.75, 3.05) is 39.4 Å². The highest BCUT2D eigenvalue weighted by Gasteiger charge is 2.14. The van der Waals surface area contributed by atoms with Crippen LogP contribution < -0.4 is 0 Å². The molecule has 14 heavy (non-hydrogen) atoms. The third-order valence-corrected chi connectivity index (χ3v) is 2.89. The SMILES string of the molecule is C=NCCC(CC)CN1CCOCC1. The van der Waals surface area contributed by atoms with Crippen LogP contribution in [0.1, 0.15) is 19.8 Å². The Balaban J connectivity index is 2.19. The molecule has 0 aromatic heterocycles. The van der Waals surface area contributed by atoms with Crippen LogP contribution in [0.2, 0.25) is 0 Å². The second-order valence-corrected chi connectivity index (χ2v) is 3.92. The zero-order chi connectivity index (χ0) is 10.2. The Bertz CT molecular complexity index is 155. The standard InChI is InChI=1S/C11H22N2O/c1-3-11(4-5-12-2)10-13-6-8-14-9-7-13/h11H,2-10H2,1H3. The smallest absolute Gasteiger partial charge is 0.0594 e. The van der Waals surface area contributed by atoms with Crippen LogP contribution in [0.5, 0.6) is 0 Å². The highest BCUT2D eigenvalue weighted by Crippen LogP contribution is 2.11. The molecule has 0 saturated carbocycles. The Morgan fingerprint density at radius 1 is 1.43 bits per heavy atom. The number of nitrogens with zero attached hydrogens (tertiary/aromatic N) is 2. The number of rotatable bonds is 6. The van der Waals surface area contributed by atoms with Crippen molar-refractivity contribution < 1.29 is 4.74 Å². The predicted molar refractivity (Wildman–Crippen MR) is 60.1 cm³/mol. The maximum Gasteiger partial charge on any atom is 0.0594 e. The van der Waals surface area contributed by atoms with Gasteiger partial charge in [0.05, 0.1) is 13.2 Å². The number of hydrogen-bond donors (Lipinski definition) is 0. The van der Waals surface area contributed by atoms with E-state index in [0.29, 0.717) is 0 Å². The highest BCUT2D eigenvalue weighted by molar-refractivity contribution is 5.23. The summed E-state index contributed by atoms with van der Waals surface area (Å²) in [4.78, 5) is 6.42. The minimum absolute atomic E-state index is 0.776. The van der Waals surface area contributed by atoms with Gasteiger partial charge in [-0.2, -0.15) is 0 Å². The molecule has 1 heterocycles. The van der Waals surface area contributed by atoms with E-state index in [1.54, 1.807) is 0 Å². The van der Waals surface area contributed by atoms with Crippen LogP contribution in [-0.4, -0.2) is 51.0 Å². The van der Waals surface area contributed by atoms with Gasteiger partial charge in [0.25, 0.3) is 0 Å². The van der Waals surface area contributed by atoms with E-state index in [1.807, 2.05) is 0 Å². The van der Waals surface area contributed by atoms with Crippen LogP contribution in [0.25, 0.3) is 0 Å². The van der Waals surface area contributed by atoms with Crippen LogP contribution in [-0.2, 0) is 4.74 Å². The van der Waals surface area contributed by atoms with Gasteiger partial charge in [0, 0.05) is 26.2 Å². The molecule has 0 amide bonds. The van der Waals surface area contributed by atoms with Crippen LogP contribution in [0.15, 0.2) is 4.99 Å². The summed E-state index contributed by atoms with van der Waals surface area (Å²) >= 11 is 0. The molecule has 0 aromatic rings. The molecule has 1 atom stereocenters. The third-order valence-electron chi connectivity index (χ3n) is 2.89. The Morgan fingerprint density at radius 3 is 2.71 bits per heavy atom. The van der Waals surface area contributed by atoms with Gasteiger partial charge in [0.2, 0.25) is 0 Å². The molecule has 1 rings (SSSR count). The van der Waals surface area contributed by atoms with E-state index in [4.69, 9.17) is 4.74 Å². The fourth-order valence-electron chi connectivity index (χ4n) is 1.85. The maximum atomic E-state index is 5.33. The first kappa shape index (κ1) is 11.7. The largest absolute Gasteiger partial charge is 0.379 e. The minimum Gasteiger partial charge on any atom is -0.379 e. The monoisotopic (exact) mass is 198 g/mol. The summed E-state index contributed by atoms with van der Waals surface area (Å²) in [5.74, 6) is 0.776. The van der Waals surface area contributed by atoms with Crippen molar-refractivity contribution in [3.63, 3.8) is 0 Å². The molecule has 0 N–H and O–H groups in total. The summed E-state index contributed by atoms with van der Waals surface area (Å²) in [6, 6.07) is 0. The van der Waals surface area contributed by atoms with Gasteiger partial charge in [-0.25, -0.2) is 0 Å². The number of aliphatic imine (C=N–C) groups is 1. The number of ether oxygens (including phenoxy) is 1. The lowest BCUT2D eigenvalue weighted by Gasteiger charge is -2.29. The topological polar surface area (TPSA) is 24.8 Å². The normalized spacial score (nSPS) is 20.6. The van der Waals surface area contributed by atoms with Crippen LogP contribution in [0.4, 0.5) is 0 Å². The first-order chi connectivity index (χ1) is 6.86. The zero-order valence-corrected chi connectivity index (χ0v) is 9.24. The lowest BCUT2D eigenvalue weighted by atomic mass is 10.0. The van der Waals surface area contributed by atoms with Crippen molar-refractivity contribution in [2.24, 2.45) is 10.9 Å². The molecular formula is C11H22N2O. The lowest BCUT2D eigenvalue weighted by molar-refractivity contribution is 0.0299. The quantitative estimate of drug-likeness (QED) is 0.603. The van der Waals surface area contributed by atoms with E-state index in [1.165, 1.54) is 19.4 Å². The number of morpholine rings is 1. The van der Waals surface area contributed by atoms with Crippen molar-refractivity contribution in [2.45, 2.75) is 19.8 Å². The van der Waals surface area contributed by atoms with Gasteiger partial charge in [-0.15, -0.1) is 0 Å². The molecule has 0 radical (unpaired) electrons. The summed E-state index contributed by atoms with van der Waals surface area (Å²) in [5, 5.41) is 0. The molecule has 1 aliphatic rings. The molecule has 3 heteroatoms. The van der Waals surface area contributed by atoms with E-state index in [0.717, 1.165) is 38.8 Å². The average Bonchev–Trinajstić information content (AvgIpc) is 2.25. The maximum absolute atomic E-state index is 5.33. The predicted octanol–water partition coefficient (Wildman–Crippen LogP) is 1.44. The van der Waals surface area contributed by atoms with Crippen molar-refractivity contribution in [3.05, 3.63) is 0 Å². The molecule has 1 fully saturated rings. The molecule has 0 bridgehead atoms. The first-order valence-corrected chi connectivity index (χ1v) is 5.59. The summed E-state index contributed by atoms with van der Waals surface area (Å²) in [7, 11) is 0. The fraction of sp³-hybridized carbons (Fsp3) is 0.909. The van der Waals surface area contributed by atoms with Gasteiger partial charge >= 0.3 is 0 Å². The second kappa shape index (κ2) is 6.96. The lowest BCUT2D eigenvalue weighted by Crippen LogP contribution is -2.39. The Labute approximate surface area is 87.2 Å². The molecule has 1 aliphatic heterocycles. The summed E-state index contributed by atoms with van der Waals surface area (Å²) in [5.41, 5.74) is 0. The van der Waals surface area contributed by atoms with Gasteiger partial charge in [-0.1, -0.05) is 13.3 Å². The molecule has 3 nitrogen and oxygen atoms in total. The molecule has 0 aromatic carbocycles. The van der Waals surface area contributed by atoms with Gasteiger partial charge in [0.15, 0.2) is 0 Å². The van der Waals surface area contributed by atoms with E-state index >= 15 is 0 Å². The van der Waals surface area contributed by atoms with Gasteiger partial charge < -0.3 is 9.73 Å². The van der Waals surface area contributed by atoms with E-state index in [9.17, 15) is 0 Å². The zero-order valence-electron chi connectivity index (χ0n) is 9.24. The van der Waals surface area contributed by atoms with Crippen molar-refractivity contribution in [3.8, 4) is 0 Å². The molecule has 1 saturated heterocycles. The molecule has 0 spiro atoms. The van der Waals surface area contributed by atoms with Crippen LogP contribution in [0, 0.1) is 5.92 Å².